The van der Waals surface area contributed by atoms with Crippen LogP contribution in [-0.2, 0) is 24.1 Å². The van der Waals surface area contributed by atoms with Crippen molar-refractivity contribution in [3.8, 4) is 0 Å². The number of hydrogen-bond donors (Lipinski definition) is 1. The van der Waals surface area contributed by atoms with Crippen LogP contribution in [0.3, 0.4) is 0 Å². The summed E-state index contributed by atoms with van der Waals surface area (Å²) in [6, 6.07) is 9.62. The van der Waals surface area contributed by atoms with Gasteiger partial charge in [0.2, 0.25) is 0 Å². The molecular weight excluding hydrogens is 354 g/mol. The second kappa shape index (κ2) is 6.14. The van der Waals surface area contributed by atoms with Crippen molar-refractivity contribution in [3.63, 3.8) is 0 Å². The molecule has 3 rings (SSSR count). The summed E-state index contributed by atoms with van der Waals surface area (Å²) in [7, 11) is -0.987. The van der Waals surface area contributed by atoms with E-state index in [1.54, 1.807) is 6.07 Å². The molecule has 0 saturated heterocycles. The van der Waals surface area contributed by atoms with E-state index in [0.29, 0.717) is 11.2 Å². The fourth-order valence-electron chi connectivity index (χ4n) is 2.79. The van der Waals surface area contributed by atoms with Crippen LogP contribution in [0.2, 0.25) is 0 Å². The molecule has 0 saturated carbocycles. The molecule has 3 aromatic rings. The van der Waals surface area contributed by atoms with Gasteiger partial charge in [-0.1, -0.05) is 12.1 Å². The summed E-state index contributed by atoms with van der Waals surface area (Å²) in [6.45, 7) is 3.68. The molecule has 26 heavy (non-hydrogen) atoms. The minimum Gasteiger partial charge on any atom is -0.296 e. The summed E-state index contributed by atoms with van der Waals surface area (Å²) < 4.78 is 30.4. The molecule has 0 aliphatic rings. The van der Waals surface area contributed by atoms with E-state index in [-0.39, 0.29) is 10.3 Å². The van der Waals surface area contributed by atoms with E-state index in [2.05, 4.69) is 4.72 Å². The zero-order chi connectivity index (χ0) is 19.2. The largest absolute Gasteiger partial charge is 0.330 e. The van der Waals surface area contributed by atoms with Gasteiger partial charge in [-0.15, -0.1) is 0 Å². The molecule has 1 heterocycles. The van der Waals surface area contributed by atoms with Crippen LogP contribution in [-0.4, -0.2) is 17.6 Å². The predicted octanol–water partition coefficient (Wildman–Crippen LogP) is 1.65. The lowest BCUT2D eigenvalue weighted by atomic mass is 10.1. The Bertz CT molecular complexity index is 1250. The minimum absolute atomic E-state index is 0.0401. The monoisotopic (exact) mass is 373 g/mol. The summed E-state index contributed by atoms with van der Waals surface area (Å²) in [6.07, 6.45) is 0. The van der Waals surface area contributed by atoms with E-state index < -0.39 is 21.3 Å². The van der Waals surface area contributed by atoms with Gasteiger partial charge in [-0.3, -0.25) is 18.7 Å². The molecule has 1 aromatic heterocycles. The minimum atomic E-state index is -3.88. The first-order valence-corrected chi connectivity index (χ1v) is 9.40. The SMILES string of the molecule is Cc1ccc(C)c(NS(=O)(=O)c2ccc3c(c2)c(=O)n(C)c(=O)n3C)c1. The number of nitrogens with zero attached hydrogens (tertiary/aromatic N) is 2. The van der Waals surface area contributed by atoms with Gasteiger partial charge >= 0.3 is 5.69 Å². The number of sulfonamides is 1. The second-order valence-electron chi connectivity index (χ2n) is 6.31. The van der Waals surface area contributed by atoms with Crippen LogP contribution in [0.1, 0.15) is 11.1 Å². The maximum Gasteiger partial charge on any atom is 0.330 e. The van der Waals surface area contributed by atoms with Gasteiger partial charge in [-0.25, -0.2) is 13.2 Å². The molecule has 1 N–H and O–H groups in total. The topological polar surface area (TPSA) is 90.2 Å². The number of fused-ring (bicyclic) bond motifs is 1. The van der Waals surface area contributed by atoms with Gasteiger partial charge in [-0.2, -0.15) is 0 Å². The van der Waals surface area contributed by atoms with Crippen molar-refractivity contribution in [3.05, 3.63) is 68.4 Å². The molecule has 0 amide bonds. The standard InChI is InChI=1S/C18H19N3O4S/c1-11-5-6-12(2)15(9-11)19-26(24,25)13-7-8-16-14(10-13)17(22)21(4)18(23)20(16)3/h5-10,19H,1-4H3. The highest BCUT2D eigenvalue weighted by Gasteiger charge is 2.18. The van der Waals surface area contributed by atoms with Crippen molar-refractivity contribution < 1.29 is 8.42 Å². The Morgan fingerprint density at radius 1 is 0.923 bits per heavy atom. The smallest absolute Gasteiger partial charge is 0.296 e. The molecule has 0 aliphatic carbocycles. The fourth-order valence-corrected chi connectivity index (χ4v) is 3.94. The lowest BCUT2D eigenvalue weighted by molar-refractivity contribution is 0.601. The molecule has 8 heteroatoms. The first kappa shape index (κ1) is 17.9. The lowest BCUT2D eigenvalue weighted by Gasteiger charge is -2.13. The van der Waals surface area contributed by atoms with Crippen molar-refractivity contribution in [2.45, 2.75) is 18.7 Å². The third-order valence-corrected chi connectivity index (χ3v) is 5.75. The lowest BCUT2D eigenvalue weighted by Crippen LogP contribution is -2.37. The summed E-state index contributed by atoms with van der Waals surface area (Å²) in [5.74, 6) is 0. The molecule has 0 fully saturated rings. The van der Waals surface area contributed by atoms with Crippen molar-refractivity contribution in [2.75, 3.05) is 4.72 Å². The van der Waals surface area contributed by atoms with Crippen LogP contribution in [0.5, 0.6) is 0 Å². The van der Waals surface area contributed by atoms with Crippen molar-refractivity contribution in [1.29, 1.82) is 0 Å². The van der Waals surface area contributed by atoms with Crippen LogP contribution in [0, 0.1) is 13.8 Å². The normalized spacial score (nSPS) is 11.7. The number of aromatic nitrogens is 2. The Balaban J connectivity index is 2.17. The molecule has 0 unspecified atom stereocenters. The third-order valence-electron chi connectivity index (χ3n) is 4.39. The van der Waals surface area contributed by atoms with Gasteiger partial charge in [-0.05, 0) is 49.2 Å². The molecule has 7 nitrogen and oxygen atoms in total. The molecule has 0 atom stereocenters. The molecule has 136 valence electrons. The van der Waals surface area contributed by atoms with Gasteiger partial charge in [0.1, 0.15) is 0 Å². The molecule has 0 radical (unpaired) electrons. The summed E-state index contributed by atoms with van der Waals surface area (Å²) in [5, 5.41) is 0.165. The van der Waals surface area contributed by atoms with Crippen molar-refractivity contribution >= 4 is 26.6 Å². The van der Waals surface area contributed by atoms with Crippen LogP contribution in [0.25, 0.3) is 10.9 Å². The molecule has 0 bridgehead atoms. The van der Waals surface area contributed by atoms with Gasteiger partial charge in [0, 0.05) is 14.1 Å². The molecule has 0 aliphatic heterocycles. The number of rotatable bonds is 3. The quantitative estimate of drug-likeness (QED) is 0.756. The van der Waals surface area contributed by atoms with E-state index in [1.165, 1.54) is 36.9 Å². The van der Waals surface area contributed by atoms with Crippen LogP contribution < -0.4 is 16.0 Å². The zero-order valence-corrected chi connectivity index (χ0v) is 15.7. The maximum atomic E-state index is 12.8. The summed E-state index contributed by atoms with van der Waals surface area (Å²) in [5.41, 5.74) is 1.58. The molecule has 0 spiro atoms. The van der Waals surface area contributed by atoms with E-state index in [0.717, 1.165) is 15.7 Å². The Labute approximate surface area is 150 Å². The number of aryl methyl sites for hydroxylation is 3. The van der Waals surface area contributed by atoms with Gasteiger partial charge < -0.3 is 0 Å². The van der Waals surface area contributed by atoms with Crippen LogP contribution in [0.15, 0.2) is 50.9 Å². The Morgan fingerprint density at radius 3 is 2.31 bits per heavy atom. The van der Waals surface area contributed by atoms with Crippen LogP contribution >= 0.6 is 0 Å². The Kier molecular flexibility index (Phi) is 4.23. The number of benzene rings is 2. The third kappa shape index (κ3) is 2.92. The first-order valence-electron chi connectivity index (χ1n) is 7.91. The highest BCUT2D eigenvalue weighted by Crippen LogP contribution is 2.22. The van der Waals surface area contributed by atoms with Crippen LogP contribution in [0.4, 0.5) is 5.69 Å². The maximum absolute atomic E-state index is 12.8. The Morgan fingerprint density at radius 2 is 1.62 bits per heavy atom. The molecular formula is C18H19N3O4S. The number of anilines is 1. The van der Waals surface area contributed by atoms with Gasteiger partial charge in [0.05, 0.1) is 21.5 Å². The first-order chi connectivity index (χ1) is 12.1. The highest BCUT2D eigenvalue weighted by atomic mass is 32.2. The van der Waals surface area contributed by atoms with E-state index in [4.69, 9.17) is 0 Å². The number of hydrogen-bond acceptors (Lipinski definition) is 4. The zero-order valence-electron chi connectivity index (χ0n) is 14.9. The van der Waals surface area contributed by atoms with E-state index in [9.17, 15) is 18.0 Å². The highest BCUT2D eigenvalue weighted by molar-refractivity contribution is 7.92. The average Bonchev–Trinajstić information content (AvgIpc) is 2.60. The summed E-state index contributed by atoms with van der Waals surface area (Å²) in [4.78, 5) is 24.3. The predicted molar refractivity (Wildman–Crippen MR) is 101 cm³/mol. The Hall–Kier alpha value is -2.87. The molecule has 2 aromatic carbocycles. The summed E-state index contributed by atoms with van der Waals surface area (Å²) >= 11 is 0. The fraction of sp³-hybridized carbons (Fsp3) is 0.222. The van der Waals surface area contributed by atoms with Crippen molar-refractivity contribution in [1.82, 2.24) is 9.13 Å². The van der Waals surface area contributed by atoms with Gasteiger partial charge in [0.25, 0.3) is 15.6 Å². The van der Waals surface area contributed by atoms with E-state index in [1.807, 2.05) is 26.0 Å². The van der Waals surface area contributed by atoms with Crippen molar-refractivity contribution in [2.24, 2.45) is 14.1 Å². The second-order valence-corrected chi connectivity index (χ2v) is 7.99. The van der Waals surface area contributed by atoms with E-state index >= 15 is 0 Å². The van der Waals surface area contributed by atoms with Gasteiger partial charge in [0.15, 0.2) is 0 Å². The average molecular weight is 373 g/mol. The number of nitrogens with one attached hydrogen (secondary N) is 1.